The van der Waals surface area contributed by atoms with Gasteiger partial charge in [-0.1, -0.05) is 6.08 Å². The molecule has 0 spiro atoms. The van der Waals surface area contributed by atoms with E-state index >= 15 is 0 Å². The van der Waals surface area contributed by atoms with Crippen LogP contribution in [-0.2, 0) is 22.6 Å². The molecule has 4 rings (SSSR count). The maximum atomic E-state index is 13.6. The first-order valence-electron chi connectivity index (χ1n) is 8.16. The summed E-state index contributed by atoms with van der Waals surface area (Å²) in [6.07, 6.45) is 6.79. The highest BCUT2D eigenvalue weighted by Crippen LogP contribution is 2.34. The van der Waals surface area contributed by atoms with Gasteiger partial charge in [-0.2, -0.15) is 0 Å². The van der Waals surface area contributed by atoms with Crippen molar-refractivity contribution in [1.82, 2.24) is 24.8 Å². The molecule has 0 aliphatic heterocycles. The van der Waals surface area contributed by atoms with Gasteiger partial charge in [-0.3, -0.25) is 14.6 Å². The Bertz CT molecular complexity index is 1110. The van der Waals surface area contributed by atoms with Crippen molar-refractivity contribution in [1.29, 1.82) is 0 Å². The van der Waals surface area contributed by atoms with Crippen molar-refractivity contribution in [2.45, 2.75) is 13.0 Å². The number of amides is 1. The Labute approximate surface area is 152 Å². The predicted octanol–water partition coefficient (Wildman–Crippen LogP) is 1.15. The van der Waals surface area contributed by atoms with Crippen LogP contribution in [0.15, 0.2) is 36.9 Å². The van der Waals surface area contributed by atoms with Crippen LogP contribution in [0.4, 0.5) is 4.39 Å². The van der Waals surface area contributed by atoms with Gasteiger partial charge in [-0.05, 0) is 12.1 Å². The van der Waals surface area contributed by atoms with Crippen LogP contribution in [0.3, 0.4) is 0 Å². The van der Waals surface area contributed by atoms with E-state index in [2.05, 4.69) is 20.3 Å². The zero-order valence-electron chi connectivity index (χ0n) is 14.0. The number of halogens is 1. The molecule has 9 heteroatoms. The predicted molar refractivity (Wildman–Crippen MR) is 93.2 cm³/mol. The van der Waals surface area contributed by atoms with Crippen molar-refractivity contribution in [3.63, 3.8) is 0 Å². The molecule has 0 atom stereocenters. The number of carbonyl (C=O) groups is 2. The molecular formula is C18H14FN5O3. The number of carboxylic acids is 1. The van der Waals surface area contributed by atoms with E-state index in [1.807, 2.05) is 6.08 Å². The van der Waals surface area contributed by atoms with Crippen molar-refractivity contribution in [2.24, 2.45) is 0 Å². The largest absolute Gasteiger partial charge is 0.480 e. The molecule has 0 saturated heterocycles. The van der Waals surface area contributed by atoms with Crippen molar-refractivity contribution in [3.8, 4) is 0 Å². The molecule has 0 radical (unpaired) electrons. The number of rotatable bonds is 5. The van der Waals surface area contributed by atoms with Gasteiger partial charge in [0.2, 0.25) is 5.91 Å². The van der Waals surface area contributed by atoms with Crippen LogP contribution in [0.5, 0.6) is 0 Å². The Kier molecular flexibility index (Phi) is 4.11. The molecule has 3 aromatic rings. The minimum Gasteiger partial charge on any atom is -0.480 e. The summed E-state index contributed by atoms with van der Waals surface area (Å²) in [7, 11) is 0. The Morgan fingerprint density at radius 1 is 1.30 bits per heavy atom. The zero-order valence-corrected chi connectivity index (χ0v) is 14.0. The zero-order chi connectivity index (χ0) is 19.0. The molecule has 1 amide bonds. The molecule has 3 aromatic heterocycles. The topological polar surface area (TPSA) is 110 Å². The molecule has 0 saturated carbocycles. The van der Waals surface area contributed by atoms with Crippen LogP contribution >= 0.6 is 0 Å². The Hall–Kier alpha value is -3.62. The number of pyridine rings is 1. The highest BCUT2D eigenvalue weighted by Gasteiger charge is 2.21. The van der Waals surface area contributed by atoms with E-state index < -0.39 is 24.2 Å². The first-order valence-corrected chi connectivity index (χ1v) is 8.16. The second-order valence-electron chi connectivity index (χ2n) is 6.04. The van der Waals surface area contributed by atoms with Crippen LogP contribution in [0.2, 0.25) is 0 Å². The smallest absolute Gasteiger partial charge is 0.322 e. The van der Waals surface area contributed by atoms with Gasteiger partial charge in [0, 0.05) is 29.1 Å². The number of fused-ring (bicyclic) bond motifs is 2. The van der Waals surface area contributed by atoms with Crippen molar-refractivity contribution in [3.05, 3.63) is 59.7 Å². The highest BCUT2D eigenvalue weighted by molar-refractivity contribution is 5.95. The van der Waals surface area contributed by atoms with Gasteiger partial charge in [0.25, 0.3) is 0 Å². The van der Waals surface area contributed by atoms with E-state index in [9.17, 15) is 14.0 Å². The minimum absolute atomic E-state index is 0.0704. The van der Waals surface area contributed by atoms with Crippen LogP contribution in [0, 0.1) is 5.82 Å². The quantitative estimate of drug-likeness (QED) is 0.700. The fraction of sp³-hybridized carbons (Fsp3) is 0.167. The van der Waals surface area contributed by atoms with E-state index in [1.54, 1.807) is 16.8 Å². The van der Waals surface area contributed by atoms with Gasteiger partial charge in [-0.25, -0.2) is 14.4 Å². The van der Waals surface area contributed by atoms with Gasteiger partial charge in [0.1, 0.15) is 30.9 Å². The second-order valence-corrected chi connectivity index (χ2v) is 6.04. The third kappa shape index (κ3) is 3.14. The number of allylic oxidation sites excluding steroid dienone is 1. The third-order valence-electron chi connectivity index (χ3n) is 4.29. The van der Waals surface area contributed by atoms with Crippen LogP contribution < -0.4 is 5.32 Å². The summed E-state index contributed by atoms with van der Waals surface area (Å²) >= 11 is 0. The first kappa shape index (κ1) is 16.8. The summed E-state index contributed by atoms with van der Waals surface area (Å²) in [5.41, 5.74) is 3.42. The van der Waals surface area contributed by atoms with Gasteiger partial charge in [0.15, 0.2) is 0 Å². The summed E-state index contributed by atoms with van der Waals surface area (Å²) in [6, 6.07) is 3.21. The number of hydrogen-bond acceptors (Lipinski definition) is 5. The normalized spacial score (nSPS) is 12.7. The third-order valence-corrected chi connectivity index (χ3v) is 4.29. The molecule has 136 valence electrons. The van der Waals surface area contributed by atoms with E-state index in [-0.39, 0.29) is 6.54 Å². The van der Waals surface area contributed by atoms with E-state index in [4.69, 9.17) is 5.11 Å². The lowest BCUT2D eigenvalue weighted by molar-refractivity contribution is -0.138. The summed E-state index contributed by atoms with van der Waals surface area (Å²) in [5, 5.41) is 11.7. The summed E-state index contributed by atoms with van der Waals surface area (Å²) in [5.74, 6) is -1.97. The van der Waals surface area contributed by atoms with Crippen molar-refractivity contribution >= 4 is 28.5 Å². The fourth-order valence-corrected chi connectivity index (χ4v) is 3.13. The average Bonchev–Trinajstić information content (AvgIpc) is 3.24. The lowest BCUT2D eigenvalue weighted by Crippen LogP contribution is -2.32. The molecule has 8 nitrogen and oxygen atoms in total. The number of carbonyl (C=O) groups excluding carboxylic acids is 1. The van der Waals surface area contributed by atoms with Gasteiger partial charge in [-0.15, -0.1) is 0 Å². The molecule has 0 bridgehead atoms. The average molecular weight is 367 g/mol. The molecule has 1 aliphatic rings. The van der Waals surface area contributed by atoms with Crippen LogP contribution in [0.25, 0.3) is 16.6 Å². The SMILES string of the molecule is O=C(O)CNC(=O)Cn1ccc2c(C3=CCc4ncc(F)cc43)ncnc21. The highest BCUT2D eigenvalue weighted by atomic mass is 19.1. The summed E-state index contributed by atoms with van der Waals surface area (Å²) in [4.78, 5) is 35.2. The molecule has 3 heterocycles. The van der Waals surface area contributed by atoms with E-state index in [1.165, 1.54) is 18.6 Å². The maximum absolute atomic E-state index is 13.6. The maximum Gasteiger partial charge on any atom is 0.322 e. The molecular weight excluding hydrogens is 353 g/mol. The van der Waals surface area contributed by atoms with Gasteiger partial charge >= 0.3 is 5.97 Å². The lowest BCUT2D eigenvalue weighted by atomic mass is 10.0. The number of nitrogens with zero attached hydrogens (tertiary/aromatic N) is 4. The first-order chi connectivity index (χ1) is 13.0. The Morgan fingerprint density at radius 3 is 2.96 bits per heavy atom. The lowest BCUT2D eigenvalue weighted by Gasteiger charge is -2.08. The Morgan fingerprint density at radius 2 is 2.15 bits per heavy atom. The summed E-state index contributed by atoms with van der Waals surface area (Å²) in [6.45, 7) is -0.514. The second kappa shape index (κ2) is 6.60. The molecule has 27 heavy (non-hydrogen) atoms. The van der Waals surface area contributed by atoms with Crippen LogP contribution in [0.1, 0.15) is 17.0 Å². The molecule has 0 unspecified atom stereocenters. The number of aliphatic carboxylic acids is 1. The number of carboxylic acid groups (broad SMARTS) is 1. The van der Waals surface area contributed by atoms with Gasteiger partial charge < -0.3 is 15.0 Å². The van der Waals surface area contributed by atoms with Crippen LogP contribution in [-0.4, -0.2) is 43.0 Å². The monoisotopic (exact) mass is 367 g/mol. The van der Waals surface area contributed by atoms with Crippen molar-refractivity contribution in [2.75, 3.05) is 6.54 Å². The molecule has 2 N–H and O–H groups in total. The molecule has 0 aromatic carbocycles. The van der Waals surface area contributed by atoms with Gasteiger partial charge in [0.05, 0.1) is 17.6 Å². The number of aromatic nitrogens is 4. The van der Waals surface area contributed by atoms with E-state index in [0.717, 1.165) is 11.3 Å². The Balaban J connectivity index is 1.68. The molecule has 1 aliphatic carbocycles. The minimum atomic E-state index is -1.11. The number of hydrogen-bond donors (Lipinski definition) is 2. The number of nitrogens with one attached hydrogen (secondary N) is 1. The molecule has 0 fully saturated rings. The van der Waals surface area contributed by atoms with Crippen molar-refractivity contribution < 1.29 is 19.1 Å². The fourth-order valence-electron chi connectivity index (χ4n) is 3.13. The standard InChI is InChI=1S/C18H14FN5O3/c19-10-5-13-11(1-2-14(13)20-6-10)17-12-3-4-24(18(12)23-9-22-17)8-15(25)21-7-16(26)27/h1,3-6,9H,2,7-8H2,(H,21,25)(H,26,27). The van der Waals surface area contributed by atoms with E-state index in [0.29, 0.717) is 28.7 Å². The summed E-state index contributed by atoms with van der Waals surface area (Å²) < 4.78 is 15.2.